The van der Waals surface area contributed by atoms with Gasteiger partial charge in [0.05, 0.1) is 25.0 Å². The summed E-state index contributed by atoms with van der Waals surface area (Å²) < 4.78 is 5.16. The van der Waals surface area contributed by atoms with Crippen LogP contribution in [0.15, 0.2) is 18.5 Å². The topological polar surface area (TPSA) is 74.7 Å². The van der Waals surface area contributed by atoms with Crippen LogP contribution in [0.4, 0.5) is 0 Å². The number of hydrogen-bond acceptors (Lipinski definition) is 5. The Labute approximate surface area is 92.8 Å². The number of ether oxygens (including phenoxy) is 1. The molecule has 1 aliphatic heterocycles. The van der Waals surface area contributed by atoms with Crippen molar-refractivity contribution in [2.75, 3.05) is 26.3 Å². The van der Waals surface area contributed by atoms with Crippen molar-refractivity contribution in [3.05, 3.63) is 24.0 Å². The van der Waals surface area contributed by atoms with Gasteiger partial charge in [-0.15, -0.1) is 0 Å². The van der Waals surface area contributed by atoms with Crippen LogP contribution in [0.25, 0.3) is 0 Å². The van der Waals surface area contributed by atoms with Crippen LogP contribution < -0.4 is 5.43 Å². The zero-order valence-corrected chi connectivity index (χ0v) is 8.72. The fourth-order valence-electron chi connectivity index (χ4n) is 1.44. The molecule has 1 amide bonds. The fraction of sp³-hybridized carbons (Fsp3) is 0.400. The SMILES string of the molecule is O=C(NN1CCOCC1)c1cncc(O)c1. The zero-order valence-electron chi connectivity index (χ0n) is 8.72. The monoisotopic (exact) mass is 223 g/mol. The lowest BCUT2D eigenvalue weighted by Crippen LogP contribution is -2.48. The minimum absolute atomic E-state index is 0.0189. The first-order valence-electron chi connectivity index (χ1n) is 5.03. The summed E-state index contributed by atoms with van der Waals surface area (Å²) in [6.45, 7) is 2.55. The van der Waals surface area contributed by atoms with Crippen molar-refractivity contribution in [3.63, 3.8) is 0 Å². The summed E-state index contributed by atoms with van der Waals surface area (Å²) in [6, 6.07) is 1.38. The Morgan fingerprint density at radius 1 is 1.44 bits per heavy atom. The molecule has 0 spiro atoms. The minimum atomic E-state index is -0.273. The van der Waals surface area contributed by atoms with Gasteiger partial charge >= 0.3 is 0 Å². The van der Waals surface area contributed by atoms with E-state index < -0.39 is 0 Å². The normalized spacial score (nSPS) is 17.0. The lowest BCUT2D eigenvalue weighted by Gasteiger charge is -2.26. The molecule has 1 fully saturated rings. The lowest BCUT2D eigenvalue weighted by molar-refractivity contribution is 0.0126. The first-order valence-corrected chi connectivity index (χ1v) is 5.03. The number of carbonyl (C=O) groups is 1. The first-order chi connectivity index (χ1) is 7.75. The maximum Gasteiger partial charge on any atom is 0.267 e. The van der Waals surface area contributed by atoms with Crippen molar-refractivity contribution in [3.8, 4) is 5.75 Å². The summed E-state index contributed by atoms with van der Waals surface area (Å²) in [5.41, 5.74) is 3.06. The first kappa shape index (κ1) is 10.8. The number of nitrogens with zero attached hydrogens (tertiary/aromatic N) is 2. The molecule has 86 valence electrons. The standard InChI is InChI=1S/C10H13N3O3/c14-9-5-8(6-11-7-9)10(15)12-13-1-3-16-4-2-13/h5-7,14H,1-4H2,(H,12,15). The molecule has 6 nitrogen and oxygen atoms in total. The van der Waals surface area contributed by atoms with Crippen LogP contribution >= 0.6 is 0 Å². The van der Waals surface area contributed by atoms with Gasteiger partial charge in [0.25, 0.3) is 5.91 Å². The highest BCUT2D eigenvalue weighted by Crippen LogP contribution is 2.08. The van der Waals surface area contributed by atoms with E-state index in [2.05, 4.69) is 10.4 Å². The Kier molecular flexibility index (Phi) is 3.33. The van der Waals surface area contributed by atoms with Crippen LogP contribution in [-0.4, -0.2) is 47.3 Å². The number of rotatable bonds is 2. The van der Waals surface area contributed by atoms with Gasteiger partial charge in [-0.1, -0.05) is 0 Å². The smallest absolute Gasteiger partial charge is 0.267 e. The molecule has 6 heteroatoms. The molecule has 0 radical (unpaired) electrons. The lowest BCUT2D eigenvalue weighted by atomic mass is 10.2. The van der Waals surface area contributed by atoms with Gasteiger partial charge in [0.1, 0.15) is 5.75 Å². The van der Waals surface area contributed by atoms with Gasteiger partial charge in [0.15, 0.2) is 0 Å². The molecule has 16 heavy (non-hydrogen) atoms. The number of morpholine rings is 1. The van der Waals surface area contributed by atoms with E-state index in [1.54, 1.807) is 5.01 Å². The molecule has 2 heterocycles. The third-order valence-electron chi connectivity index (χ3n) is 2.26. The minimum Gasteiger partial charge on any atom is -0.506 e. The van der Waals surface area contributed by atoms with E-state index in [9.17, 15) is 9.90 Å². The Balaban J connectivity index is 1.97. The van der Waals surface area contributed by atoms with E-state index in [1.807, 2.05) is 0 Å². The maximum absolute atomic E-state index is 11.7. The molecule has 0 bridgehead atoms. The zero-order chi connectivity index (χ0) is 11.4. The van der Waals surface area contributed by atoms with E-state index in [-0.39, 0.29) is 11.7 Å². The summed E-state index contributed by atoms with van der Waals surface area (Å²) in [5.74, 6) is -0.292. The Morgan fingerprint density at radius 3 is 2.88 bits per heavy atom. The highest BCUT2D eigenvalue weighted by Gasteiger charge is 2.14. The van der Waals surface area contributed by atoms with Crippen LogP contribution in [0.1, 0.15) is 10.4 Å². The van der Waals surface area contributed by atoms with Gasteiger partial charge in [-0.3, -0.25) is 15.2 Å². The molecule has 1 saturated heterocycles. The van der Waals surface area contributed by atoms with Crippen molar-refractivity contribution < 1.29 is 14.6 Å². The highest BCUT2D eigenvalue weighted by atomic mass is 16.5. The van der Waals surface area contributed by atoms with Crippen molar-refractivity contribution in [2.24, 2.45) is 0 Å². The van der Waals surface area contributed by atoms with Gasteiger partial charge in [-0.25, -0.2) is 5.01 Å². The molecular formula is C10H13N3O3. The molecule has 1 aliphatic rings. The fourth-order valence-corrected chi connectivity index (χ4v) is 1.44. The third-order valence-corrected chi connectivity index (χ3v) is 2.26. The molecule has 1 aromatic heterocycles. The average molecular weight is 223 g/mol. The van der Waals surface area contributed by atoms with E-state index in [0.29, 0.717) is 31.9 Å². The van der Waals surface area contributed by atoms with E-state index >= 15 is 0 Å². The van der Waals surface area contributed by atoms with Gasteiger partial charge in [0, 0.05) is 19.3 Å². The van der Waals surface area contributed by atoms with E-state index in [1.165, 1.54) is 18.5 Å². The number of carbonyl (C=O) groups excluding carboxylic acids is 1. The summed E-state index contributed by atoms with van der Waals surface area (Å²) in [7, 11) is 0. The van der Waals surface area contributed by atoms with Crippen LogP contribution in [0, 0.1) is 0 Å². The largest absolute Gasteiger partial charge is 0.506 e. The second-order valence-electron chi connectivity index (χ2n) is 3.47. The molecule has 0 saturated carbocycles. The maximum atomic E-state index is 11.7. The quantitative estimate of drug-likeness (QED) is 0.724. The number of aromatic nitrogens is 1. The number of hydrogen-bond donors (Lipinski definition) is 2. The number of nitrogens with one attached hydrogen (secondary N) is 1. The third kappa shape index (κ3) is 2.68. The van der Waals surface area contributed by atoms with Crippen LogP contribution in [0.2, 0.25) is 0 Å². The second kappa shape index (κ2) is 4.91. The van der Waals surface area contributed by atoms with Gasteiger partial charge < -0.3 is 9.84 Å². The molecule has 2 rings (SSSR count). The number of hydrazine groups is 1. The van der Waals surface area contributed by atoms with Gasteiger partial charge in [-0.2, -0.15) is 0 Å². The summed E-state index contributed by atoms with van der Waals surface area (Å²) in [4.78, 5) is 15.5. The van der Waals surface area contributed by atoms with E-state index in [4.69, 9.17) is 4.74 Å². The van der Waals surface area contributed by atoms with E-state index in [0.717, 1.165) is 0 Å². The molecule has 2 N–H and O–H groups in total. The van der Waals surface area contributed by atoms with Crippen molar-refractivity contribution in [2.45, 2.75) is 0 Å². The Morgan fingerprint density at radius 2 is 2.19 bits per heavy atom. The predicted octanol–water partition coefficient (Wildman–Crippen LogP) is -0.236. The van der Waals surface area contributed by atoms with Crippen molar-refractivity contribution in [1.82, 2.24) is 15.4 Å². The molecule has 0 atom stereocenters. The van der Waals surface area contributed by atoms with Crippen molar-refractivity contribution >= 4 is 5.91 Å². The summed E-state index contributed by atoms with van der Waals surface area (Å²) in [5, 5.41) is 11.0. The Bertz CT molecular complexity index is 377. The molecular weight excluding hydrogens is 210 g/mol. The molecule has 0 aromatic carbocycles. The predicted molar refractivity (Wildman–Crippen MR) is 55.8 cm³/mol. The molecule has 0 aliphatic carbocycles. The van der Waals surface area contributed by atoms with Gasteiger partial charge in [-0.05, 0) is 6.07 Å². The van der Waals surface area contributed by atoms with Crippen molar-refractivity contribution in [1.29, 1.82) is 0 Å². The van der Waals surface area contributed by atoms with Gasteiger partial charge in [0.2, 0.25) is 0 Å². The highest BCUT2D eigenvalue weighted by molar-refractivity contribution is 5.93. The van der Waals surface area contributed by atoms with Crippen LogP contribution in [-0.2, 0) is 4.74 Å². The second-order valence-corrected chi connectivity index (χ2v) is 3.47. The Hall–Kier alpha value is -1.66. The average Bonchev–Trinajstić information content (AvgIpc) is 2.30. The van der Waals surface area contributed by atoms with Crippen LogP contribution in [0.5, 0.6) is 5.75 Å². The number of amides is 1. The van der Waals surface area contributed by atoms with Crippen LogP contribution in [0.3, 0.4) is 0 Å². The summed E-state index contributed by atoms with van der Waals surface area (Å²) >= 11 is 0. The summed E-state index contributed by atoms with van der Waals surface area (Å²) in [6.07, 6.45) is 2.70. The number of pyridine rings is 1. The number of aromatic hydroxyl groups is 1. The molecule has 1 aromatic rings. The molecule has 0 unspecified atom stereocenters.